The topological polar surface area (TPSA) is 82.5 Å². The van der Waals surface area contributed by atoms with Crippen LogP contribution in [0.15, 0.2) is 34.6 Å². The smallest absolute Gasteiger partial charge is 0.203 e. The summed E-state index contributed by atoms with van der Waals surface area (Å²) in [6, 6.07) is 8.03. The van der Waals surface area contributed by atoms with E-state index in [1.54, 1.807) is 13.1 Å². The first kappa shape index (κ1) is 17.5. The summed E-state index contributed by atoms with van der Waals surface area (Å²) in [5.74, 6) is 3.75. The molecule has 5 nitrogen and oxygen atoms in total. The molecule has 0 aliphatic carbocycles. The summed E-state index contributed by atoms with van der Waals surface area (Å²) in [4.78, 5) is 5.36. The van der Waals surface area contributed by atoms with E-state index in [0.29, 0.717) is 5.56 Å². The first-order chi connectivity index (χ1) is 11.6. The number of benzene rings is 1. The van der Waals surface area contributed by atoms with Crippen LogP contribution >= 0.6 is 11.3 Å². The second-order valence-corrected chi connectivity index (χ2v) is 9.49. The van der Waals surface area contributed by atoms with Gasteiger partial charge in [0.2, 0.25) is 5.96 Å². The fourth-order valence-corrected chi connectivity index (χ4v) is 5.57. The molecule has 0 radical (unpaired) electrons. The largest absolute Gasteiger partial charge is 0.369 e. The van der Waals surface area contributed by atoms with Gasteiger partial charge in [-0.05, 0) is 53.6 Å². The molecule has 2 aromatic rings. The number of halogens is 1. The van der Waals surface area contributed by atoms with Crippen molar-refractivity contribution in [1.82, 2.24) is 4.31 Å². The molecule has 25 heavy (non-hydrogen) atoms. The van der Waals surface area contributed by atoms with Crippen molar-refractivity contribution in [1.29, 1.82) is 5.26 Å². The molecule has 1 aliphatic heterocycles. The van der Waals surface area contributed by atoms with Gasteiger partial charge in [0.25, 0.3) is 0 Å². The van der Waals surface area contributed by atoms with Gasteiger partial charge in [0.05, 0.1) is 27.1 Å². The first-order valence-corrected chi connectivity index (χ1v) is 10.1. The summed E-state index contributed by atoms with van der Waals surface area (Å²) in [6.07, 6.45) is 0. The number of hydrogen-bond donors (Lipinski definition) is 1. The Morgan fingerprint density at radius 1 is 1.44 bits per heavy atom. The van der Waals surface area contributed by atoms with E-state index in [1.807, 2.05) is 24.4 Å². The molecule has 1 unspecified atom stereocenters. The minimum Gasteiger partial charge on any atom is -0.369 e. The lowest BCUT2D eigenvalue weighted by molar-refractivity contribution is 0.522. The van der Waals surface area contributed by atoms with Crippen molar-refractivity contribution < 1.29 is 8.60 Å². The van der Waals surface area contributed by atoms with Crippen molar-refractivity contribution in [3.8, 4) is 17.2 Å². The molecule has 8 heteroatoms. The van der Waals surface area contributed by atoms with Crippen molar-refractivity contribution in [2.45, 2.75) is 12.5 Å². The zero-order valence-electron chi connectivity index (χ0n) is 13.8. The summed E-state index contributed by atoms with van der Waals surface area (Å²) in [5.41, 5.74) is 6.81. The Morgan fingerprint density at radius 3 is 2.80 bits per heavy atom. The highest BCUT2D eigenvalue weighted by Gasteiger charge is 2.38. The van der Waals surface area contributed by atoms with Crippen molar-refractivity contribution in [3.05, 3.63) is 45.9 Å². The molecule has 0 saturated carbocycles. The van der Waals surface area contributed by atoms with Crippen LogP contribution in [0.5, 0.6) is 0 Å². The fourth-order valence-electron chi connectivity index (χ4n) is 2.78. The average Bonchev–Trinajstić information content (AvgIpc) is 3.02. The highest BCUT2D eigenvalue weighted by molar-refractivity contribution is 7.98. The predicted octanol–water partition coefficient (Wildman–Crippen LogP) is 2.53. The van der Waals surface area contributed by atoms with Gasteiger partial charge in [-0.25, -0.2) is 13.6 Å². The maximum absolute atomic E-state index is 13.7. The van der Waals surface area contributed by atoms with E-state index in [9.17, 15) is 8.60 Å². The summed E-state index contributed by atoms with van der Waals surface area (Å²) in [5, 5.41) is 10.9. The van der Waals surface area contributed by atoms with Crippen LogP contribution in [0.4, 0.5) is 4.39 Å². The molecule has 2 N–H and O–H groups in total. The highest BCUT2D eigenvalue weighted by atomic mass is 32.2. The molecule has 3 rings (SSSR count). The van der Waals surface area contributed by atoms with Crippen LogP contribution in [0.25, 0.3) is 11.1 Å². The first-order valence-electron chi connectivity index (χ1n) is 7.39. The van der Waals surface area contributed by atoms with Crippen LogP contribution in [-0.4, -0.2) is 33.1 Å². The SMILES string of the molecule is C=S1(=O)C[C@@](C)(c2cc(-c3cc(F)cc(C#N)c3)cs2)N=C(N)N1C. The lowest BCUT2D eigenvalue weighted by Crippen LogP contribution is -2.50. The lowest BCUT2D eigenvalue weighted by atomic mass is 10.0. The Labute approximate surface area is 150 Å². The third-order valence-corrected chi connectivity index (χ3v) is 7.56. The van der Waals surface area contributed by atoms with Gasteiger partial charge in [-0.15, -0.1) is 11.3 Å². The van der Waals surface area contributed by atoms with E-state index in [4.69, 9.17) is 11.0 Å². The molecule has 2 atom stereocenters. The molecule has 130 valence electrons. The standard InChI is InChI=1S/C17H17FN4OS2/c1-17(10-25(3,23)22(2)16(20)21-17)15-7-13(9-24-15)12-4-11(8-19)5-14(18)6-12/h4-7,9H,3,10H2,1-2H3,(H2,20,21)/t17-,25?/m0/s1. The van der Waals surface area contributed by atoms with Gasteiger partial charge in [0.1, 0.15) is 11.4 Å². The zero-order valence-corrected chi connectivity index (χ0v) is 15.5. The van der Waals surface area contributed by atoms with Crippen LogP contribution in [0.2, 0.25) is 0 Å². The number of nitrogens with zero attached hydrogens (tertiary/aromatic N) is 3. The summed E-state index contributed by atoms with van der Waals surface area (Å²) in [7, 11) is -0.943. The number of nitrogens with two attached hydrogens (primary N) is 1. The molecule has 2 heterocycles. The Kier molecular flexibility index (Phi) is 4.09. The average molecular weight is 376 g/mol. The van der Waals surface area contributed by atoms with E-state index in [2.05, 4.69) is 10.9 Å². The van der Waals surface area contributed by atoms with E-state index in [-0.39, 0.29) is 17.3 Å². The molecule has 1 aliphatic rings. The summed E-state index contributed by atoms with van der Waals surface area (Å²) in [6.45, 7) is 1.86. The van der Waals surface area contributed by atoms with Gasteiger partial charge in [-0.3, -0.25) is 4.31 Å². The Balaban J connectivity index is 2.05. The molecule has 0 amide bonds. The maximum atomic E-state index is 13.7. The summed E-state index contributed by atoms with van der Waals surface area (Å²) < 4.78 is 27.8. The van der Waals surface area contributed by atoms with E-state index < -0.39 is 21.1 Å². The number of rotatable bonds is 2. The maximum Gasteiger partial charge on any atom is 0.203 e. The molecule has 1 aromatic carbocycles. The number of aliphatic imine (C=N–C) groups is 1. The van der Waals surface area contributed by atoms with Crippen LogP contribution in [-0.2, 0) is 15.2 Å². The van der Waals surface area contributed by atoms with Crippen molar-refractivity contribution in [2.75, 3.05) is 12.8 Å². The van der Waals surface area contributed by atoms with Gasteiger partial charge in [0.15, 0.2) is 0 Å². The molecule has 0 spiro atoms. The Bertz CT molecular complexity index is 1020. The quantitative estimate of drug-likeness (QED) is 0.818. The van der Waals surface area contributed by atoms with Gasteiger partial charge in [-0.1, -0.05) is 0 Å². The normalized spacial score (nSPS) is 26.2. The lowest BCUT2D eigenvalue weighted by Gasteiger charge is -2.36. The molecule has 0 saturated heterocycles. The van der Waals surface area contributed by atoms with E-state index >= 15 is 0 Å². The molecule has 0 bridgehead atoms. The van der Waals surface area contributed by atoms with E-state index in [0.717, 1.165) is 10.4 Å². The minimum absolute atomic E-state index is 0.182. The highest BCUT2D eigenvalue weighted by Crippen LogP contribution is 2.38. The number of nitriles is 1. The fraction of sp³-hybridized carbons (Fsp3) is 0.235. The van der Waals surface area contributed by atoms with Gasteiger partial charge in [-0.2, -0.15) is 5.26 Å². The van der Waals surface area contributed by atoms with Crippen LogP contribution in [0.1, 0.15) is 17.4 Å². The third-order valence-electron chi connectivity index (χ3n) is 4.18. The molecule has 1 aromatic heterocycles. The van der Waals surface area contributed by atoms with Crippen LogP contribution in [0.3, 0.4) is 0 Å². The number of hydrogen-bond acceptors (Lipinski definition) is 5. The van der Waals surface area contributed by atoms with Gasteiger partial charge >= 0.3 is 0 Å². The Hall–Kier alpha value is -2.37. The van der Waals surface area contributed by atoms with Crippen LogP contribution < -0.4 is 5.73 Å². The predicted molar refractivity (Wildman–Crippen MR) is 101 cm³/mol. The Morgan fingerprint density at radius 2 is 2.16 bits per heavy atom. The van der Waals surface area contributed by atoms with Gasteiger partial charge in [0, 0.05) is 11.9 Å². The van der Waals surface area contributed by atoms with Gasteiger partial charge < -0.3 is 5.73 Å². The second kappa shape index (κ2) is 5.86. The van der Waals surface area contributed by atoms with Crippen molar-refractivity contribution in [2.24, 2.45) is 10.7 Å². The second-order valence-electron chi connectivity index (χ2n) is 6.20. The minimum atomic E-state index is -2.56. The van der Waals surface area contributed by atoms with E-state index in [1.165, 1.54) is 27.8 Å². The van der Waals surface area contributed by atoms with Crippen molar-refractivity contribution >= 4 is 32.9 Å². The summed E-state index contributed by atoms with van der Waals surface area (Å²) >= 11 is 1.43. The van der Waals surface area contributed by atoms with Crippen molar-refractivity contribution in [3.63, 3.8) is 0 Å². The number of guanidine groups is 1. The monoisotopic (exact) mass is 376 g/mol. The zero-order chi connectivity index (χ0) is 18.4. The molecular weight excluding hydrogens is 359 g/mol. The van der Waals surface area contributed by atoms with Crippen LogP contribution in [0, 0.1) is 17.1 Å². The third kappa shape index (κ3) is 3.13. The molecular formula is C17H17FN4OS2. The number of thiophene rings is 1. The molecule has 0 fully saturated rings.